The summed E-state index contributed by atoms with van der Waals surface area (Å²) in [5, 5.41) is 5.42. The third-order valence-corrected chi connectivity index (χ3v) is 4.24. The van der Waals surface area contributed by atoms with Crippen LogP contribution < -0.4 is 15.4 Å². The second kappa shape index (κ2) is 9.85. The van der Waals surface area contributed by atoms with Crippen LogP contribution in [-0.2, 0) is 9.53 Å². The van der Waals surface area contributed by atoms with Gasteiger partial charge in [0.05, 0.1) is 24.8 Å². The first-order valence-electron chi connectivity index (χ1n) is 9.25. The molecule has 0 spiro atoms. The molecular formula is C20H28N2O4. The lowest BCUT2D eigenvalue weighted by Crippen LogP contribution is -2.45. The van der Waals surface area contributed by atoms with Gasteiger partial charge >= 0.3 is 12.0 Å². The fourth-order valence-corrected chi connectivity index (χ4v) is 2.90. The van der Waals surface area contributed by atoms with Gasteiger partial charge in [-0.05, 0) is 38.0 Å². The molecular weight excluding hydrogens is 332 g/mol. The Kier molecular flexibility index (Phi) is 7.51. The number of esters is 1. The van der Waals surface area contributed by atoms with Gasteiger partial charge in [0.25, 0.3) is 0 Å². The predicted octanol–water partition coefficient (Wildman–Crippen LogP) is 3.84. The van der Waals surface area contributed by atoms with Gasteiger partial charge in [-0.1, -0.05) is 38.3 Å². The van der Waals surface area contributed by atoms with Crippen molar-refractivity contribution in [2.24, 2.45) is 0 Å². The first kappa shape index (κ1) is 19.8. The van der Waals surface area contributed by atoms with Crippen LogP contribution in [0, 0.1) is 0 Å². The molecule has 0 radical (unpaired) electrons. The first-order chi connectivity index (χ1) is 12.6. The molecule has 1 heterocycles. The Balaban J connectivity index is 2.08. The van der Waals surface area contributed by atoms with Crippen molar-refractivity contribution in [3.63, 3.8) is 0 Å². The van der Waals surface area contributed by atoms with E-state index in [-0.39, 0.29) is 12.6 Å². The molecule has 26 heavy (non-hydrogen) atoms. The van der Waals surface area contributed by atoms with Gasteiger partial charge in [-0.2, -0.15) is 0 Å². The van der Waals surface area contributed by atoms with Gasteiger partial charge in [-0.25, -0.2) is 9.59 Å². The minimum atomic E-state index is -0.540. The molecule has 6 heteroatoms. The maximum absolute atomic E-state index is 12.3. The molecule has 1 aliphatic rings. The largest absolute Gasteiger partial charge is 0.494 e. The molecule has 2 rings (SSSR count). The number of hydrogen-bond donors (Lipinski definition) is 2. The summed E-state index contributed by atoms with van der Waals surface area (Å²) in [6, 6.07) is 6.58. The van der Waals surface area contributed by atoms with Gasteiger partial charge in [-0.3, -0.25) is 0 Å². The topological polar surface area (TPSA) is 76.7 Å². The van der Waals surface area contributed by atoms with Gasteiger partial charge in [0.15, 0.2) is 0 Å². The van der Waals surface area contributed by atoms with Crippen LogP contribution in [0.2, 0.25) is 0 Å². The van der Waals surface area contributed by atoms with Crippen LogP contribution in [0.3, 0.4) is 0 Å². The summed E-state index contributed by atoms with van der Waals surface area (Å²) in [4.78, 5) is 24.1. The summed E-state index contributed by atoms with van der Waals surface area (Å²) < 4.78 is 10.9. The maximum Gasteiger partial charge on any atom is 0.338 e. The lowest BCUT2D eigenvalue weighted by atomic mass is 9.95. The third kappa shape index (κ3) is 5.25. The Hall–Kier alpha value is -2.50. The number of nitrogens with one attached hydrogen (secondary N) is 2. The number of urea groups is 1. The molecule has 1 unspecified atom stereocenters. The van der Waals surface area contributed by atoms with Crippen molar-refractivity contribution in [1.29, 1.82) is 0 Å². The average Bonchev–Trinajstić information content (AvgIpc) is 2.61. The maximum atomic E-state index is 12.3. The number of rotatable bonds is 9. The fraction of sp³-hybridized carbons (Fsp3) is 0.500. The van der Waals surface area contributed by atoms with E-state index in [1.807, 2.05) is 24.3 Å². The molecule has 0 aliphatic carbocycles. The highest BCUT2D eigenvalue weighted by Crippen LogP contribution is 2.28. The predicted molar refractivity (Wildman–Crippen MR) is 99.8 cm³/mol. The van der Waals surface area contributed by atoms with Crippen molar-refractivity contribution in [3.05, 3.63) is 41.1 Å². The van der Waals surface area contributed by atoms with Gasteiger partial charge in [0, 0.05) is 5.70 Å². The van der Waals surface area contributed by atoms with Crippen LogP contribution in [0.4, 0.5) is 4.79 Å². The Morgan fingerprint density at radius 3 is 2.50 bits per heavy atom. The van der Waals surface area contributed by atoms with Gasteiger partial charge in [0.1, 0.15) is 5.75 Å². The standard InChI is InChI=1S/C20H28N2O4/c1-4-6-7-8-13-26-16-11-9-15(10-12-16)18-17(19(23)25-5-2)14(3)21-20(24)22-18/h9-12,18H,4-8,13H2,1-3H3,(H2,21,22,24). The Morgan fingerprint density at radius 2 is 1.85 bits per heavy atom. The first-order valence-corrected chi connectivity index (χ1v) is 9.25. The molecule has 142 valence electrons. The average molecular weight is 360 g/mol. The molecule has 6 nitrogen and oxygen atoms in total. The SMILES string of the molecule is CCCCCCOc1ccc(C2NC(=O)NC(C)=C2C(=O)OCC)cc1. The molecule has 1 atom stereocenters. The number of carbonyl (C=O) groups excluding carboxylic acids is 2. The summed E-state index contributed by atoms with van der Waals surface area (Å²) in [5.74, 6) is 0.350. The van der Waals surface area contributed by atoms with Crippen molar-refractivity contribution in [3.8, 4) is 5.75 Å². The third-order valence-electron chi connectivity index (χ3n) is 4.24. The molecule has 1 aliphatic heterocycles. The molecule has 0 bridgehead atoms. The Bertz CT molecular complexity index is 652. The number of amides is 2. The van der Waals surface area contributed by atoms with Crippen LogP contribution in [-0.4, -0.2) is 25.2 Å². The van der Waals surface area contributed by atoms with Crippen LogP contribution in [0.15, 0.2) is 35.5 Å². The number of ether oxygens (including phenoxy) is 2. The van der Waals surface area contributed by atoms with Crippen molar-refractivity contribution in [2.45, 2.75) is 52.5 Å². The summed E-state index contributed by atoms with van der Waals surface area (Å²) in [6.07, 6.45) is 4.63. The lowest BCUT2D eigenvalue weighted by molar-refractivity contribution is -0.139. The quantitative estimate of drug-likeness (QED) is 0.518. The van der Waals surface area contributed by atoms with E-state index in [1.54, 1.807) is 13.8 Å². The van der Waals surface area contributed by atoms with Gasteiger partial charge < -0.3 is 20.1 Å². The van der Waals surface area contributed by atoms with Crippen molar-refractivity contribution in [2.75, 3.05) is 13.2 Å². The van der Waals surface area contributed by atoms with Crippen LogP contribution in [0.25, 0.3) is 0 Å². The summed E-state index contributed by atoms with van der Waals surface area (Å²) in [6.45, 7) is 6.60. The van der Waals surface area contributed by atoms with Crippen molar-refractivity contribution >= 4 is 12.0 Å². The molecule has 0 fully saturated rings. The smallest absolute Gasteiger partial charge is 0.338 e. The van der Waals surface area contributed by atoms with E-state index in [0.29, 0.717) is 17.9 Å². The molecule has 0 saturated heterocycles. The molecule has 0 aromatic heterocycles. The summed E-state index contributed by atoms with van der Waals surface area (Å²) >= 11 is 0. The minimum absolute atomic E-state index is 0.279. The van der Waals surface area contributed by atoms with Crippen molar-refractivity contribution < 1.29 is 19.1 Å². The zero-order valence-corrected chi connectivity index (χ0v) is 15.8. The van der Waals surface area contributed by atoms with E-state index in [2.05, 4.69) is 17.6 Å². The second-order valence-electron chi connectivity index (χ2n) is 6.27. The highest BCUT2D eigenvalue weighted by Gasteiger charge is 2.31. The molecule has 2 amide bonds. The Morgan fingerprint density at radius 1 is 1.12 bits per heavy atom. The van der Waals surface area contributed by atoms with E-state index in [1.165, 1.54) is 19.3 Å². The van der Waals surface area contributed by atoms with E-state index < -0.39 is 12.0 Å². The Labute approximate surface area is 154 Å². The molecule has 2 N–H and O–H groups in total. The minimum Gasteiger partial charge on any atom is -0.494 e. The van der Waals surface area contributed by atoms with Crippen LogP contribution in [0.1, 0.15) is 58.1 Å². The number of carbonyl (C=O) groups is 2. The normalized spacial score (nSPS) is 16.7. The zero-order valence-electron chi connectivity index (χ0n) is 15.8. The second-order valence-corrected chi connectivity index (χ2v) is 6.27. The van der Waals surface area contributed by atoms with Crippen LogP contribution >= 0.6 is 0 Å². The van der Waals surface area contributed by atoms with E-state index in [0.717, 1.165) is 17.7 Å². The van der Waals surface area contributed by atoms with E-state index >= 15 is 0 Å². The summed E-state index contributed by atoms with van der Waals surface area (Å²) in [5.41, 5.74) is 1.73. The zero-order chi connectivity index (χ0) is 18.9. The highest BCUT2D eigenvalue weighted by atomic mass is 16.5. The van der Waals surface area contributed by atoms with Gasteiger partial charge in [-0.15, -0.1) is 0 Å². The monoisotopic (exact) mass is 360 g/mol. The number of unbranched alkanes of at least 4 members (excludes halogenated alkanes) is 3. The molecule has 1 aromatic rings. The van der Waals surface area contributed by atoms with Crippen LogP contribution in [0.5, 0.6) is 5.75 Å². The van der Waals surface area contributed by atoms with E-state index in [9.17, 15) is 9.59 Å². The van der Waals surface area contributed by atoms with Crippen molar-refractivity contribution in [1.82, 2.24) is 10.6 Å². The molecule has 0 saturated carbocycles. The van der Waals surface area contributed by atoms with Gasteiger partial charge in [0.2, 0.25) is 0 Å². The number of hydrogen-bond acceptors (Lipinski definition) is 4. The highest BCUT2D eigenvalue weighted by molar-refractivity contribution is 5.95. The number of benzene rings is 1. The number of allylic oxidation sites excluding steroid dienone is 1. The fourth-order valence-electron chi connectivity index (χ4n) is 2.90. The lowest BCUT2D eigenvalue weighted by Gasteiger charge is -2.28. The summed E-state index contributed by atoms with van der Waals surface area (Å²) in [7, 11) is 0. The van der Waals surface area contributed by atoms with E-state index in [4.69, 9.17) is 9.47 Å². The molecule has 1 aromatic carbocycles.